The molecule has 0 radical (unpaired) electrons. The minimum atomic E-state index is -0.985. The van der Waals surface area contributed by atoms with Gasteiger partial charge in [-0.05, 0) is 37.1 Å². The summed E-state index contributed by atoms with van der Waals surface area (Å²) in [6.45, 7) is 4.02. The van der Waals surface area contributed by atoms with Crippen molar-refractivity contribution in [1.29, 1.82) is 0 Å². The van der Waals surface area contributed by atoms with Crippen molar-refractivity contribution in [2.24, 2.45) is 5.73 Å². The molecule has 0 bridgehead atoms. The van der Waals surface area contributed by atoms with Gasteiger partial charge >= 0.3 is 0 Å². The van der Waals surface area contributed by atoms with Crippen LogP contribution in [0.1, 0.15) is 22.7 Å². The second-order valence-corrected chi connectivity index (χ2v) is 4.83. The van der Waals surface area contributed by atoms with Crippen molar-refractivity contribution in [1.82, 2.24) is 0 Å². The van der Waals surface area contributed by atoms with Crippen molar-refractivity contribution in [2.75, 3.05) is 6.61 Å². The van der Waals surface area contributed by atoms with E-state index in [2.05, 4.69) is 0 Å². The molecule has 20 heavy (non-hydrogen) atoms. The van der Waals surface area contributed by atoms with Gasteiger partial charge in [0.05, 0.1) is 6.04 Å². The van der Waals surface area contributed by atoms with Gasteiger partial charge in [0.2, 0.25) is 5.82 Å². The highest BCUT2D eigenvalue weighted by atomic mass is 19.2. The Morgan fingerprint density at radius 3 is 2.65 bits per heavy atom. The minimum Gasteiger partial charge on any atom is -0.488 e. The number of ether oxygens (including phenoxy) is 1. The lowest BCUT2D eigenvalue weighted by atomic mass is 10.00. The van der Waals surface area contributed by atoms with Crippen LogP contribution in [-0.2, 0) is 0 Å². The number of halogens is 2. The zero-order valence-corrected chi connectivity index (χ0v) is 11.5. The van der Waals surface area contributed by atoms with Crippen molar-refractivity contribution in [3.05, 3.63) is 64.7 Å². The average molecular weight is 277 g/mol. The molecule has 0 aliphatic rings. The molecule has 1 atom stereocenters. The van der Waals surface area contributed by atoms with E-state index >= 15 is 0 Å². The first-order chi connectivity index (χ1) is 9.49. The van der Waals surface area contributed by atoms with Gasteiger partial charge in [0.15, 0.2) is 11.6 Å². The Morgan fingerprint density at radius 1 is 1.15 bits per heavy atom. The molecular weight excluding hydrogens is 260 g/mol. The van der Waals surface area contributed by atoms with Crippen LogP contribution in [-0.4, -0.2) is 6.61 Å². The van der Waals surface area contributed by atoms with Crippen LogP contribution in [0, 0.1) is 25.5 Å². The van der Waals surface area contributed by atoms with Gasteiger partial charge < -0.3 is 10.5 Å². The third-order valence-corrected chi connectivity index (χ3v) is 3.17. The number of benzene rings is 2. The summed E-state index contributed by atoms with van der Waals surface area (Å²) in [6.07, 6.45) is 0. The third-order valence-electron chi connectivity index (χ3n) is 3.17. The van der Waals surface area contributed by atoms with E-state index in [0.29, 0.717) is 0 Å². The second-order valence-electron chi connectivity index (χ2n) is 4.83. The van der Waals surface area contributed by atoms with Crippen LogP contribution in [0.3, 0.4) is 0 Å². The summed E-state index contributed by atoms with van der Waals surface area (Å²) in [4.78, 5) is 0. The largest absolute Gasteiger partial charge is 0.488 e. The van der Waals surface area contributed by atoms with E-state index in [9.17, 15) is 8.78 Å². The predicted molar refractivity (Wildman–Crippen MR) is 74.7 cm³/mol. The van der Waals surface area contributed by atoms with E-state index in [1.807, 2.05) is 32.0 Å². The fraction of sp³-hybridized carbons (Fsp3) is 0.250. The van der Waals surface area contributed by atoms with Gasteiger partial charge in [-0.3, -0.25) is 0 Å². The maximum atomic E-state index is 13.5. The average Bonchev–Trinajstić information content (AvgIpc) is 2.43. The molecule has 0 fully saturated rings. The van der Waals surface area contributed by atoms with Gasteiger partial charge in [-0.25, -0.2) is 4.39 Å². The predicted octanol–water partition coefficient (Wildman–Crippen LogP) is 3.66. The Hall–Kier alpha value is -1.94. The first kappa shape index (κ1) is 14.5. The fourth-order valence-electron chi connectivity index (χ4n) is 2.02. The van der Waals surface area contributed by atoms with Crippen molar-refractivity contribution in [3.63, 3.8) is 0 Å². The lowest BCUT2D eigenvalue weighted by Gasteiger charge is -2.16. The normalized spacial score (nSPS) is 12.2. The molecule has 2 nitrogen and oxygen atoms in total. The van der Waals surface area contributed by atoms with Crippen LogP contribution in [0.5, 0.6) is 5.75 Å². The first-order valence-electron chi connectivity index (χ1n) is 6.38. The first-order valence-corrected chi connectivity index (χ1v) is 6.38. The Kier molecular flexibility index (Phi) is 4.35. The molecule has 2 rings (SSSR count). The zero-order chi connectivity index (χ0) is 14.7. The highest BCUT2D eigenvalue weighted by Gasteiger charge is 2.13. The van der Waals surface area contributed by atoms with Gasteiger partial charge in [-0.2, -0.15) is 4.39 Å². The third kappa shape index (κ3) is 3.14. The van der Waals surface area contributed by atoms with E-state index < -0.39 is 17.7 Å². The molecule has 0 aromatic heterocycles. The van der Waals surface area contributed by atoms with Gasteiger partial charge in [0, 0.05) is 0 Å². The monoisotopic (exact) mass is 277 g/mol. The second kappa shape index (κ2) is 6.01. The molecule has 0 saturated heterocycles. The number of nitrogens with two attached hydrogens (primary N) is 1. The molecule has 4 heteroatoms. The van der Waals surface area contributed by atoms with Gasteiger partial charge in [-0.1, -0.05) is 29.8 Å². The van der Waals surface area contributed by atoms with Crippen LogP contribution in [0.4, 0.5) is 8.78 Å². The molecule has 0 aliphatic carbocycles. The smallest absolute Gasteiger partial charge is 0.200 e. The standard InChI is InChI=1S/C16H17F2NO/c1-10-6-7-11(2)12(8-10)14(19)9-20-15-5-3-4-13(17)16(15)18/h3-8,14H,9,19H2,1-2H3. The maximum Gasteiger partial charge on any atom is 0.200 e. The molecule has 2 aromatic carbocycles. The summed E-state index contributed by atoms with van der Waals surface area (Å²) < 4.78 is 31.8. The van der Waals surface area contributed by atoms with Crippen LogP contribution < -0.4 is 10.5 Å². The Balaban J connectivity index is 2.10. The van der Waals surface area contributed by atoms with Crippen LogP contribution in [0.25, 0.3) is 0 Å². The SMILES string of the molecule is Cc1ccc(C)c(C(N)COc2cccc(F)c2F)c1. The van der Waals surface area contributed by atoms with E-state index in [1.54, 1.807) is 0 Å². The molecule has 1 unspecified atom stereocenters. The summed E-state index contributed by atoms with van der Waals surface area (Å²) in [7, 11) is 0. The lowest BCUT2D eigenvalue weighted by molar-refractivity contribution is 0.272. The lowest BCUT2D eigenvalue weighted by Crippen LogP contribution is -2.20. The number of hydrogen-bond donors (Lipinski definition) is 1. The van der Waals surface area contributed by atoms with Gasteiger partial charge in [-0.15, -0.1) is 0 Å². The summed E-state index contributed by atoms with van der Waals surface area (Å²) in [5.74, 6) is -2.03. The van der Waals surface area contributed by atoms with Crippen molar-refractivity contribution < 1.29 is 13.5 Å². The van der Waals surface area contributed by atoms with E-state index in [0.717, 1.165) is 22.8 Å². The van der Waals surface area contributed by atoms with Crippen LogP contribution in [0.2, 0.25) is 0 Å². The molecular formula is C16H17F2NO. The molecule has 0 saturated carbocycles. The fourth-order valence-corrected chi connectivity index (χ4v) is 2.02. The zero-order valence-electron chi connectivity index (χ0n) is 11.5. The number of aryl methyl sites for hydroxylation is 2. The molecule has 0 spiro atoms. The van der Waals surface area contributed by atoms with Gasteiger partial charge in [0.1, 0.15) is 6.61 Å². The summed E-state index contributed by atoms with van der Waals surface area (Å²) >= 11 is 0. The van der Waals surface area contributed by atoms with E-state index in [4.69, 9.17) is 10.5 Å². The quantitative estimate of drug-likeness (QED) is 0.925. The van der Waals surface area contributed by atoms with Crippen LogP contribution in [0.15, 0.2) is 36.4 Å². The van der Waals surface area contributed by atoms with Crippen LogP contribution >= 0.6 is 0 Å². The van der Waals surface area contributed by atoms with Crippen molar-refractivity contribution >= 4 is 0 Å². The topological polar surface area (TPSA) is 35.2 Å². The molecule has 106 valence electrons. The summed E-state index contributed by atoms with van der Waals surface area (Å²) in [5, 5.41) is 0. The molecule has 2 aromatic rings. The molecule has 0 heterocycles. The maximum absolute atomic E-state index is 13.5. The molecule has 0 aliphatic heterocycles. The summed E-state index contributed by atoms with van der Waals surface area (Å²) in [6, 6.07) is 9.40. The van der Waals surface area contributed by atoms with Gasteiger partial charge in [0.25, 0.3) is 0 Å². The highest BCUT2D eigenvalue weighted by Crippen LogP contribution is 2.22. The number of rotatable bonds is 4. The van der Waals surface area contributed by atoms with E-state index in [-0.39, 0.29) is 12.4 Å². The molecule has 0 amide bonds. The molecule has 2 N–H and O–H groups in total. The Labute approximate surface area is 117 Å². The highest BCUT2D eigenvalue weighted by molar-refractivity contribution is 5.33. The van der Waals surface area contributed by atoms with Crippen molar-refractivity contribution in [2.45, 2.75) is 19.9 Å². The van der Waals surface area contributed by atoms with E-state index in [1.165, 1.54) is 12.1 Å². The minimum absolute atomic E-state index is 0.0880. The number of hydrogen-bond acceptors (Lipinski definition) is 2. The Bertz CT molecular complexity index is 613. The summed E-state index contributed by atoms with van der Waals surface area (Å²) in [5.41, 5.74) is 9.15. The van der Waals surface area contributed by atoms with Crippen molar-refractivity contribution in [3.8, 4) is 5.75 Å². The Morgan fingerprint density at radius 2 is 1.90 bits per heavy atom.